The van der Waals surface area contributed by atoms with Gasteiger partial charge in [0.1, 0.15) is 0 Å². The minimum absolute atomic E-state index is 0.235. The first kappa shape index (κ1) is 8.48. The maximum atomic E-state index is 8.56. The van der Waals surface area contributed by atoms with Crippen molar-refractivity contribution < 1.29 is 9.94 Å². The summed E-state index contributed by atoms with van der Waals surface area (Å²) < 4.78 is 0. The van der Waals surface area contributed by atoms with Gasteiger partial charge in [-0.2, -0.15) is 5.06 Å². The summed E-state index contributed by atoms with van der Waals surface area (Å²) in [5, 5.41) is 10.6. The summed E-state index contributed by atoms with van der Waals surface area (Å²) in [7, 11) is 0. The van der Waals surface area contributed by atoms with E-state index in [4.69, 9.17) is 9.94 Å². The molecule has 3 nitrogen and oxygen atoms in total. The highest BCUT2D eigenvalue weighted by Gasteiger charge is 2.48. The molecule has 0 amide bonds. The van der Waals surface area contributed by atoms with E-state index in [9.17, 15) is 0 Å². The van der Waals surface area contributed by atoms with E-state index in [1.54, 1.807) is 0 Å². The highest BCUT2D eigenvalue weighted by molar-refractivity contribution is 4.98. The third-order valence-corrected chi connectivity index (χ3v) is 2.94. The molecule has 2 rings (SSSR count). The Hall–Kier alpha value is -0.120. The standard InChI is InChI=1S/C9H17NO2/c11-6-1-7-12-10-5-4-9(8-10)2-3-9/h11H,1-8H2. The average Bonchev–Trinajstić information content (AvgIpc) is 2.68. The van der Waals surface area contributed by atoms with Gasteiger partial charge in [0.05, 0.1) is 6.61 Å². The van der Waals surface area contributed by atoms with Gasteiger partial charge < -0.3 is 5.11 Å². The maximum absolute atomic E-state index is 8.56. The van der Waals surface area contributed by atoms with E-state index in [0.717, 1.165) is 19.5 Å². The number of nitrogens with zero attached hydrogens (tertiary/aromatic N) is 1. The fraction of sp³-hybridized carbons (Fsp3) is 1.00. The van der Waals surface area contributed by atoms with Gasteiger partial charge in [-0.25, -0.2) is 0 Å². The molecule has 2 fully saturated rings. The lowest BCUT2D eigenvalue weighted by atomic mass is 10.1. The van der Waals surface area contributed by atoms with Crippen LogP contribution in [0.3, 0.4) is 0 Å². The zero-order valence-corrected chi connectivity index (χ0v) is 7.46. The number of aliphatic hydroxyl groups is 1. The van der Waals surface area contributed by atoms with Crippen molar-refractivity contribution in [3.05, 3.63) is 0 Å². The smallest absolute Gasteiger partial charge is 0.0706 e. The lowest BCUT2D eigenvalue weighted by Crippen LogP contribution is -2.22. The molecule has 0 aromatic carbocycles. The zero-order chi connectivity index (χ0) is 8.44. The van der Waals surface area contributed by atoms with Crippen LogP contribution in [0.1, 0.15) is 25.7 Å². The van der Waals surface area contributed by atoms with Gasteiger partial charge in [0.15, 0.2) is 0 Å². The van der Waals surface area contributed by atoms with Crippen molar-refractivity contribution in [1.29, 1.82) is 0 Å². The van der Waals surface area contributed by atoms with Crippen molar-refractivity contribution >= 4 is 0 Å². The predicted molar refractivity (Wildman–Crippen MR) is 45.5 cm³/mol. The van der Waals surface area contributed by atoms with Crippen LogP contribution >= 0.6 is 0 Å². The normalized spacial score (nSPS) is 26.8. The lowest BCUT2D eigenvalue weighted by Gasteiger charge is -2.14. The summed E-state index contributed by atoms with van der Waals surface area (Å²) in [5.74, 6) is 0. The molecule has 1 heterocycles. The Morgan fingerprint density at radius 2 is 2.17 bits per heavy atom. The van der Waals surface area contributed by atoms with E-state index in [1.165, 1.54) is 19.3 Å². The topological polar surface area (TPSA) is 32.7 Å². The first-order chi connectivity index (χ1) is 5.85. The highest BCUT2D eigenvalue weighted by atomic mass is 16.7. The Kier molecular flexibility index (Phi) is 2.35. The summed E-state index contributed by atoms with van der Waals surface area (Å²) >= 11 is 0. The summed E-state index contributed by atoms with van der Waals surface area (Å²) in [6, 6.07) is 0. The number of hydrogen-bond acceptors (Lipinski definition) is 3. The van der Waals surface area contributed by atoms with Crippen LogP contribution in [0.25, 0.3) is 0 Å². The number of rotatable bonds is 4. The van der Waals surface area contributed by atoms with E-state index in [1.807, 2.05) is 0 Å². The molecule has 1 saturated heterocycles. The van der Waals surface area contributed by atoms with Gasteiger partial charge in [0.25, 0.3) is 0 Å². The van der Waals surface area contributed by atoms with Crippen LogP contribution in [-0.2, 0) is 4.84 Å². The molecule has 1 aliphatic carbocycles. The molecule has 3 heteroatoms. The van der Waals surface area contributed by atoms with Gasteiger partial charge in [-0.3, -0.25) is 4.84 Å². The van der Waals surface area contributed by atoms with Gasteiger partial charge in [0, 0.05) is 19.7 Å². The molecular formula is C9H17NO2. The fourth-order valence-electron chi connectivity index (χ4n) is 1.85. The summed E-state index contributed by atoms with van der Waals surface area (Å²) in [4.78, 5) is 5.49. The number of hydrogen-bond donors (Lipinski definition) is 1. The first-order valence-electron chi connectivity index (χ1n) is 4.83. The van der Waals surface area contributed by atoms with Crippen LogP contribution < -0.4 is 0 Å². The van der Waals surface area contributed by atoms with Gasteiger partial charge in [-0.05, 0) is 31.1 Å². The van der Waals surface area contributed by atoms with Crippen molar-refractivity contribution in [2.75, 3.05) is 26.3 Å². The predicted octanol–water partition coefficient (Wildman–Crippen LogP) is 0.786. The largest absolute Gasteiger partial charge is 0.396 e. The quantitative estimate of drug-likeness (QED) is 0.635. The second-order valence-corrected chi connectivity index (χ2v) is 4.02. The van der Waals surface area contributed by atoms with Crippen molar-refractivity contribution in [2.24, 2.45) is 5.41 Å². The average molecular weight is 171 g/mol. The molecule has 0 radical (unpaired) electrons. The highest BCUT2D eigenvalue weighted by Crippen LogP contribution is 2.52. The van der Waals surface area contributed by atoms with E-state index < -0.39 is 0 Å². The molecule has 1 aliphatic heterocycles. The van der Waals surface area contributed by atoms with Crippen LogP contribution in [0.5, 0.6) is 0 Å². The molecule has 70 valence electrons. The van der Waals surface area contributed by atoms with Crippen LogP contribution in [0, 0.1) is 5.41 Å². The second kappa shape index (κ2) is 3.32. The van der Waals surface area contributed by atoms with Gasteiger partial charge in [-0.15, -0.1) is 0 Å². The van der Waals surface area contributed by atoms with Gasteiger partial charge in [-0.1, -0.05) is 0 Å². The lowest BCUT2D eigenvalue weighted by molar-refractivity contribution is -0.148. The van der Waals surface area contributed by atoms with E-state index in [-0.39, 0.29) is 6.61 Å². The minimum atomic E-state index is 0.235. The van der Waals surface area contributed by atoms with E-state index >= 15 is 0 Å². The Labute approximate surface area is 73.3 Å². The Morgan fingerprint density at radius 1 is 1.33 bits per heavy atom. The first-order valence-corrected chi connectivity index (χ1v) is 4.83. The summed E-state index contributed by atoms with van der Waals surface area (Å²) in [6.45, 7) is 3.12. The van der Waals surface area contributed by atoms with E-state index in [2.05, 4.69) is 5.06 Å². The molecule has 1 saturated carbocycles. The molecule has 2 aliphatic rings. The maximum Gasteiger partial charge on any atom is 0.0706 e. The third-order valence-electron chi connectivity index (χ3n) is 2.94. The molecule has 1 N–H and O–H groups in total. The van der Waals surface area contributed by atoms with Crippen molar-refractivity contribution in [2.45, 2.75) is 25.7 Å². The van der Waals surface area contributed by atoms with Crippen molar-refractivity contribution in [3.8, 4) is 0 Å². The Bertz CT molecular complexity index is 157. The summed E-state index contributed by atoms with van der Waals surface area (Å²) in [5.41, 5.74) is 0.652. The monoisotopic (exact) mass is 171 g/mol. The molecule has 0 aromatic rings. The molecule has 0 aromatic heterocycles. The molecular weight excluding hydrogens is 154 g/mol. The fourth-order valence-corrected chi connectivity index (χ4v) is 1.85. The van der Waals surface area contributed by atoms with Crippen LogP contribution in [0.2, 0.25) is 0 Å². The molecule has 12 heavy (non-hydrogen) atoms. The van der Waals surface area contributed by atoms with Crippen molar-refractivity contribution in [3.63, 3.8) is 0 Å². The third kappa shape index (κ3) is 1.79. The van der Waals surface area contributed by atoms with Gasteiger partial charge in [0.2, 0.25) is 0 Å². The molecule has 0 atom stereocenters. The zero-order valence-electron chi connectivity index (χ0n) is 7.46. The van der Waals surface area contributed by atoms with Gasteiger partial charge >= 0.3 is 0 Å². The van der Waals surface area contributed by atoms with Crippen molar-refractivity contribution in [1.82, 2.24) is 5.06 Å². The Balaban J connectivity index is 1.63. The molecule has 0 unspecified atom stereocenters. The molecule has 1 spiro atoms. The van der Waals surface area contributed by atoms with Crippen LogP contribution in [0.15, 0.2) is 0 Å². The SMILES string of the molecule is OCCCON1CCC2(CC2)C1. The minimum Gasteiger partial charge on any atom is -0.396 e. The van der Waals surface area contributed by atoms with Crippen LogP contribution in [0.4, 0.5) is 0 Å². The van der Waals surface area contributed by atoms with E-state index in [0.29, 0.717) is 12.0 Å². The second-order valence-electron chi connectivity index (χ2n) is 4.02. The molecule has 0 bridgehead atoms. The Morgan fingerprint density at radius 3 is 2.75 bits per heavy atom. The number of hydroxylamine groups is 2. The number of aliphatic hydroxyl groups excluding tert-OH is 1. The summed E-state index contributed by atoms with van der Waals surface area (Å²) in [6.07, 6.45) is 4.86. The van der Waals surface area contributed by atoms with Crippen LogP contribution in [-0.4, -0.2) is 36.5 Å².